The van der Waals surface area contributed by atoms with Gasteiger partial charge in [-0.1, -0.05) is 11.6 Å². The summed E-state index contributed by atoms with van der Waals surface area (Å²) in [5, 5.41) is 11.2. The van der Waals surface area contributed by atoms with E-state index >= 15 is 0 Å². The highest BCUT2D eigenvalue weighted by Crippen LogP contribution is 2.28. The Labute approximate surface area is 128 Å². The summed E-state index contributed by atoms with van der Waals surface area (Å²) in [7, 11) is 2.02. The molecular formula is C14H18ClN3O3. The number of amides is 1. The van der Waals surface area contributed by atoms with Crippen LogP contribution in [0.2, 0.25) is 5.02 Å². The zero-order valence-corrected chi connectivity index (χ0v) is 13.1. The highest BCUT2D eigenvalue weighted by atomic mass is 35.5. The zero-order valence-electron chi connectivity index (χ0n) is 12.3. The fourth-order valence-corrected chi connectivity index (χ4v) is 2.69. The molecular weight excluding hydrogens is 294 g/mol. The van der Waals surface area contributed by atoms with E-state index in [9.17, 15) is 14.9 Å². The van der Waals surface area contributed by atoms with Crippen molar-refractivity contribution in [3.05, 3.63) is 38.4 Å². The molecule has 114 valence electrons. The number of carbonyl (C=O) groups is 1. The van der Waals surface area contributed by atoms with E-state index in [0.717, 1.165) is 6.54 Å². The lowest BCUT2D eigenvalue weighted by atomic mass is 10.0. The summed E-state index contributed by atoms with van der Waals surface area (Å²) < 4.78 is 0. The molecule has 1 heterocycles. The summed E-state index contributed by atoms with van der Waals surface area (Å²) in [6.07, 6.45) is 0. The SMILES string of the molecule is Cc1c(C(=O)N2CCN(C)[C@H](C)C2)cc(Cl)cc1[N+](=O)[O-]. The summed E-state index contributed by atoms with van der Waals surface area (Å²) in [6.45, 7) is 5.64. The number of hydrogen-bond donors (Lipinski definition) is 0. The molecule has 1 saturated heterocycles. The lowest BCUT2D eigenvalue weighted by molar-refractivity contribution is -0.385. The molecule has 21 heavy (non-hydrogen) atoms. The van der Waals surface area contributed by atoms with Crippen LogP contribution in [0.1, 0.15) is 22.8 Å². The first-order valence-corrected chi connectivity index (χ1v) is 7.13. The van der Waals surface area contributed by atoms with Gasteiger partial charge in [0.05, 0.1) is 10.5 Å². The van der Waals surface area contributed by atoms with Gasteiger partial charge in [-0.15, -0.1) is 0 Å². The maximum Gasteiger partial charge on any atom is 0.274 e. The largest absolute Gasteiger partial charge is 0.336 e. The normalized spacial score (nSPS) is 19.6. The predicted molar refractivity (Wildman–Crippen MR) is 80.8 cm³/mol. The van der Waals surface area contributed by atoms with Crippen molar-refractivity contribution in [2.45, 2.75) is 19.9 Å². The highest BCUT2D eigenvalue weighted by molar-refractivity contribution is 6.31. The van der Waals surface area contributed by atoms with E-state index in [-0.39, 0.29) is 22.7 Å². The van der Waals surface area contributed by atoms with Crippen LogP contribution in [-0.4, -0.2) is 53.4 Å². The molecule has 0 unspecified atom stereocenters. The molecule has 0 N–H and O–H groups in total. The Hall–Kier alpha value is -1.66. The molecule has 0 spiro atoms. The van der Waals surface area contributed by atoms with Crippen LogP contribution >= 0.6 is 11.6 Å². The lowest BCUT2D eigenvalue weighted by Crippen LogP contribution is -2.52. The molecule has 0 aliphatic carbocycles. The number of rotatable bonds is 2. The van der Waals surface area contributed by atoms with E-state index in [1.807, 2.05) is 14.0 Å². The third kappa shape index (κ3) is 3.16. The second-order valence-corrected chi connectivity index (χ2v) is 5.87. The van der Waals surface area contributed by atoms with Gasteiger partial charge in [-0.25, -0.2) is 0 Å². The predicted octanol–water partition coefficient (Wildman–Crippen LogP) is 2.33. The topological polar surface area (TPSA) is 66.7 Å². The zero-order chi connectivity index (χ0) is 15.7. The molecule has 1 aliphatic heterocycles. The Morgan fingerprint density at radius 1 is 1.43 bits per heavy atom. The second-order valence-electron chi connectivity index (χ2n) is 5.44. The number of hydrogen-bond acceptors (Lipinski definition) is 4. The summed E-state index contributed by atoms with van der Waals surface area (Å²) in [5.74, 6) is -0.196. The molecule has 1 fully saturated rings. The van der Waals surface area contributed by atoms with Gasteiger partial charge in [0.25, 0.3) is 11.6 Å². The molecule has 0 aromatic heterocycles. The fraction of sp³-hybridized carbons (Fsp3) is 0.500. The first-order chi connectivity index (χ1) is 9.81. The Balaban J connectivity index is 2.33. The van der Waals surface area contributed by atoms with Crippen LogP contribution in [0.5, 0.6) is 0 Å². The van der Waals surface area contributed by atoms with Gasteiger partial charge < -0.3 is 9.80 Å². The van der Waals surface area contributed by atoms with E-state index in [4.69, 9.17) is 11.6 Å². The standard InChI is InChI=1S/C14H18ClN3O3/c1-9-8-17(5-4-16(9)3)14(19)12-6-11(15)7-13(10(12)2)18(20)21/h6-7,9H,4-5,8H2,1-3H3/t9-/m1/s1. The van der Waals surface area contributed by atoms with Gasteiger partial charge >= 0.3 is 0 Å². The van der Waals surface area contributed by atoms with Gasteiger partial charge in [-0.05, 0) is 27.0 Å². The van der Waals surface area contributed by atoms with Gasteiger partial charge in [-0.3, -0.25) is 14.9 Å². The molecule has 2 rings (SSSR count). The highest BCUT2D eigenvalue weighted by Gasteiger charge is 2.28. The van der Waals surface area contributed by atoms with Gasteiger partial charge in [0.15, 0.2) is 0 Å². The van der Waals surface area contributed by atoms with Crippen molar-refractivity contribution in [2.24, 2.45) is 0 Å². The van der Waals surface area contributed by atoms with E-state index in [1.165, 1.54) is 12.1 Å². The third-order valence-electron chi connectivity index (χ3n) is 4.02. The molecule has 7 heteroatoms. The van der Waals surface area contributed by atoms with E-state index in [2.05, 4.69) is 4.90 Å². The van der Waals surface area contributed by atoms with Crippen molar-refractivity contribution in [3.8, 4) is 0 Å². The van der Waals surface area contributed by atoms with Gasteiger partial charge in [-0.2, -0.15) is 0 Å². The van der Waals surface area contributed by atoms with Crippen LogP contribution < -0.4 is 0 Å². The maximum atomic E-state index is 12.6. The minimum atomic E-state index is -0.509. The number of benzene rings is 1. The van der Waals surface area contributed by atoms with Crippen molar-refractivity contribution in [1.29, 1.82) is 0 Å². The van der Waals surface area contributed by atoms with Crippen molar-refractivity contribution in [3.63, 3.8) is 0 Å². The molecule has 0 saturated carbocycles. The summed E-state index contributed by atoms with van der Waals surface area (Å²) in [4.78, 5) is 27.1. The quantitative estimate of drug-likeness (QED) is 0.621. The summed E-state index contributed by atoms with van der Waals surface area (Å²) >= 11 is 5.92. The molecule has 0 bridgehead atoms. The van der Waals surface area contributed by atoms with E-state index in [0.29, 0.717) is 24.2 Å². The van der Waals surface area contributed by atoms with Crippen molar-refractivity contribution in [1.82, 2.24) is 9.80 Å². The monoisotopic (exact) mass is 311 g/mol. The van der Waals surface area contributed by atoms with Crippen molar-refractivity contribution < 1.29 is 9.72 Å². The van der Waals surface area contributed by atoms with Gasteiger partial charge in [0, 0.05) is 42.3 Å². The van der Waals surface area contributed by atoms with E-state index in [1.54, 1.807) is 11.8 Å². The fourth-order valence-electron chi connectivity index (χ4n) is 2.48. The van der Waals surface area contributed by atoms with Crippen LogP contribution in [0, 0.1) is 17.0 Å². The molecule has 1 amide bonds. The third-order valence-corrected chi connectivity index (χ3v) is 4.24. The molecule has 0 radical (unpaired) electrons. The van der Waals surface area contributed by atoms with E-state index < -0.39 is 4.92 Å². The van der Waals surface area contributed by atoms with Gasteiger partial charge in [0.1, 0.15) is 0 Å². The summed E-state index contributed by atoms with van der Waals surface area (Å²) in [5.41, 5.74) is 0.556. The first-order valence-electron chi connectivity index (χ1n) is 6.75. The molecule has 1 aliphatic rings. The smallest absolute Gasteiger partial charge is 0.274 e. The number of carbonyl (C=O) groups excluding carboxylic acids is 1. The summed E-state index contributed by atoms with van der Waals surface area (Å²) in [6, 6.07) is 3.05. The molecule has 1 atom stereocenters. The number of halogens is 1. The average Bonchev–Trinajstić information content (AvgIpc) is 2.43. The van der Waals surface area contributed by atoms with Crippen LogP contribution in [0.15, 0.2) is 12.1 Å². The van der Waals surface area contributed by atoms with Crippen molar-refractivity contribution in [2.75, 3.05) is 26.7 Å². The maximum absolute atomic E-state index is 12.6. The average molecular weight is 312 g/mol. The molecule has 1 aromatic carbocycles. The Bertz CT molecular complexity index is 591. The van der Waals surface area contributed by atoms with Crippen molar-refractivity contribution >= 4 is 23.2 Å². The Morgan fingerprint density at radius 2 is 2.10 bits per heavy atom. The minimum Gasteiger partial charge on any atom is -0.336 e. The second kappa shape index (κ2) is 5.99. The Morgan fingerprint density at radius 3 is 2.67 bits per heavy atom. The van der Waals surface area contributed by atoms with Crippen LogP contribution in [0.25, 0.3) is 0 Å². The number of piperazine rings is 1. The van der Waals surface area contributed by atoms with Crippen LogP contribution in [-0.2, 0) is 0 Å². The minimum absolute atomic E-state index is 0.118. The van der Waals surface area contributed by atoms with Crippen LogP contribution in [0.3, 0.4) is 0 Å². The van der Waals surface area contributed by atoms with Gasteiger partial charge in [0.2, 0.25) is 0 Å². The molecule has 6 nitrogen and oxygen atoms in total. The first kappa shape index (κ1) is 15.7. The Kier molecular flexibility index (Phi) is 4.49. The van der Waals surface area contributed by atoms with Crippen LogP contribution in [0.4, 0.5) is 5.69 Å². The number of nitrogens with zero attached hydrogens (tertiary/aromatic N) is 3. The number of nitro benzene ring substituents is 1. The number of likely N-dealkylation sites (N-methyl/N-ethyl adjacent to an activating group) is 1. The number of nitro groups is 1. The molecule has 1 aromatic rings. The lowest BCUT2D eigenvalue weighted by Gasteiger charge is -2.37.